The molecule has 194 valence electrons. The van der Waals surface area contributed by atoms with E-state index in [2.05, 4.69) is 0 Å². The number of carbonyl (C=O) groups is 2. The van der Waals surface area contributed by atoms with E-state index in [1.54, 1.807) is 42.5 Å². The fourth-order valence-corrected chi connectivity index (χ4v) is 5.99. The lowest BCUT2D eigenvalue weighted by Gasteiger charge is -2.24. The third kappa shape index (κ3) is 4.40. The van der Waals surface area contributed by atoms with Crippen LogP contribution in [0.15, 0.2) is 60.2 Å². The van der Waals surface area contributed by atoms with Crippen molar-refractivity contribution < 1.29 is 24.2 Å². The van der Waals surface area contributed by atoms with E-state index in [9.17, 15) is 14.7 Å². The van der Waals surface area contributed by atoms with Crippen LogP contribution < -0.4 is 14.4 Å². The number of hydrogen-bond donors (Lipinski definition) is 1. The van der Waals surface area contributed by atoms with Crippen LogP contribution in [0.3, 0.4) is 0 Å². The zero-order valence-electron chi connectivity index (χ0n) is 21.2. The van der Waals surface area contributed by atoms with E-state index in [4.69, 9.17) is 26.1 Å². The molecule has 9 heteroatoms. The lowest BCUT2D eigenvalue weighted by Crippen LogP contribution is -2.29. The lowest BCUT2D eigenvalue weighted by molar-refractivity contribution is -0.132. The Morgan fingerprint density at radius 3 is 2.50 bits per heavy atom. The Morgan fingerprint density at radius 1 is 1.08 bits per heavy atom. The maximum atomic E-state index is 13.6. The first-order valence-corrected chi connectivity index (χ1v) is 13.2. The molecule has 1 atom stereocenters. The summed E-state index contributed by atoms with van der Waals surface area (Å²) >= 11 is 7.36. The number of aromatic nitrogens is 1. The van der Waals surface area contributed by atoms with Gasteiger partial charge in [0.25, 0.3) is 5.78 Å². The molecule has 1 saturated heterocycles. The Morgan fingerprint density at radius 2 is 1.82 bits per heavy atom. The first kappa shape index (κ1) is 25.8. The molecule has 38 heavy (non-hydrogen) atoms. The second kappa shape index (κ2) is 10.1. The summed E-state index contributed by atoms with van der Waals surface area (Å²) in [5.74, 6) is -0.903. The first-order chi connectivity index (χ1) is 18.2. The van der Waals surface area contributed by atoms with Gasteiger partial charge in [-0.15, -0.1) is 0 Å². The second-order valence-corrected chi connectivity index (χ2v) is 10.4. The Balaban J connectivity index is 1.75. The number of Topliss-reactive ketones (excluding diaryl/α,β-unsaturated/α-hetero) is 1. The number of aliphatic hydroxyl groups excluding tert-OH is 1. The zero-order valence-corrected chi connectivity index (χ0v) is 22.8. The summed E-state index contributed by atoms with van der Waals surface area (Å²) in [6, 6.07) is 14.7. The van der Waals surface area contributed by atoms with Crippen molar-refractivity contribution in [2.45, 2.75) is 26.8 Å². The van der Waals surface area contributed by atoms with E-state index in [0.29, 0.717) is 39.4 Å². The summed E-state index contributed by atoms with van der Waals surface area (Å²) in [6.45, 7) is 6.26. The number of fused-ring (bicyclic) bond motifs is 1. The summed E-state index contributed by atoms with van der Waals surface area (Å²) < 4.78 is 12.1. The Hall–Kier alpha value is -3.88. The average molecular weight is 549 g/mol. The van der Waals surface area contributed by atoms with Gasteiger partial charge in [0.1, 0.15) is 5.76 Å². The van der Waals surface area contributed by atoms with Crippen LogP contribution in [0.1, 0.15) is 35.2 Å². The molecule has 0 spiro atoms. The summed E-state index contributed by atoms with van der Waals surface area (Å²) in [5.41, 5.74) is 3.69. The van der Waals surface area contributed by atoms with Crippen molar-refractivity contribution in [3.63, 3.8) is 0 Å². The van der Waals surface area contributed by atoms with Crippen molar-refractivity contribution in [3.8, 4) is 11.5 Å². The average Bonchev–Trinajstić information content (AvgIpc) is 3.43. The van der Waals surface area contributed by atoms with Gasteiger partial charge in [-0.05, 0) is 79.9 Å². The molecule has 2 heterocycles. The number of halogens is 1. The van der Waals surface area contributed by atoms with Crippen LogP contribution in [-0.4, -0.2) is 35.5 Å². The van der Waals surface area contributed by atoms with Crippen LogP contribution in [0.2, 0.25) is 5.02 Å². The summed E-state index contributed by atoms with van der Waals surface area (Å²) in [7, 11) is 1.52. The minimum absolute atomic E-state index is 0.0457. The van der Waals surface area contributed by atoms with Gasteiger partial charge in [0.05, 0.1) is 35.5 Å². The van der Waals surface area contributed by atoms with Gasteiger partial charge >= 0.3 is 5.91 Å². The van der Waals surface area contributed by atoms with Crippen molar-refractivity contribution in [1.29, 1.82) is 0 Å². The Kier molecular flexibility index (Phi) is 6.86. The fraction of sp³-hybridized carbons (Fsp3) is 0.207. The highest BCUT2D eigenvalue weighted by Crippen LogP contribution is 2.46. The van der Waals surface area contributed by atoms with Crippen molar-refractivity contribution in [1.82, 2.24) is 4.98 Å². The number of thiazole rings is 1. The van der Waals surface area contributed by atoms with Crippen LogP contribution in [-0.2, 0) is 9.59 Å². The van der Waals surface area contributed by atoms with Gasteiger partial charge in [-0.25, -0.2) is 4.98 Å². The molecule has 0 saturated carbocycles. The summed E-state index contributed by atoms with van der Waals surface area (Å²) in [4.78, 5) is 33.2. The molecule has 1 aromatic heterocycles. The molecule has 1 aliphatic rings. The predicted octanol–water partition coefficient (Wildman–Crippen LogP) is 6.60. The van der Waals surface area contributed by atoms with E-state index < -0.39 is 17.7 Å². The molecule has 1 amide bonds. The molecule has 1 fully saturated rings. The van der Waals surface area contributed by atoms with E-state index in [1.807, 2.05) is 32.9 Å². The van der Waals surface area contributed by atoms with Gasteiger partial charge < -0.3 is 14.6 Å². The highest BCUT2D eigenvalue weighted by Gasteiger charge is 2.48. The third-order valence-corrected chi connectivity index (χ3v) is 7.64. The van der Waals surface area contributed by atoms with Gasteiger partial charge in [0.15, 0.2) is 16.6 Å². The molecule has 0 radical (unpaired) electrons. The maximum Gasteiger partial charge on any atom is 0.301 e. The summed E-state index contributed by atoms with van der Waals surface area (Å²) in [6.07, 6.45) is 0. The number of nitrogens with zero attached hydrogens (tertiary/aromatic N) is 2. The third-order valence-electron chi connectivity index (χ3n) is 6.39. The molecule has 3 aromatic carbocycles. The van der Waals surface area contributed by atoms with Crippen LogP contribution in [0.5, 0.6) is 11.5 Å². The van der Waals surface area contributed by atoms with Gasteiger partial charge in [-0.3, -0.25) is 14.5 Å². The van der Waals surface area contributed by atoms with Crippen LogP contribution >= 0.6 is 22.9 Å². The number of ketones is 1. The molecule has 5 rings (SSSR count). The smallest absolute Gasteiger partial charge is 0.301 e. The number of ether oxygens (including phenoxy) is 2. The van der Waals surface area contributed by atoms with Crippen LogP contribution in [0.25, 0.3) is 16.0 Å². The number of aliphatic hydroxyl groups is 1. The highest BCUT2D eigenvalue weighted by molar-refractivity contribution is 7.22. The molecule has 1 aliphatic heterocycles. The van der Waals surface area contributed by atoms with Gasteiger partial charge in [-0.1, -0.05) is 35.1 Å². The Labute approximate surface area is 228 Å². The fourth-order valence-electron chi connectivity index (χ4n) is 4.70. The lowest BCUT2D eigenvalue weighted by atomic mass is 9.95. The quantitative estimate of drug-likeness (QED) is 0.166. The van der Waals surface area contributed by atoms with Crippen molar-refractivity contribution in [2.75, 3.05) is 18.6 Å². The largest absolute Gasteiger partial charge is 0.507 e. The molecular weight excluding hydrogens is 524 g/mol. The minimum atomic E-state index is -0.947. The normalized spacial score (nSPS) is 16.9. The number of methoxy groups -OCH3 is 1. The summed E-state index contributed by atoms with van der Waals surface area (Å²) in [5, 5.41) is 12.2. The first-order valence-electron chi connectivity index (χ1n) is 12.0. The molecule has 1 N–H and O–H groups in total. The van der Waals surface area contributed by atoms with Crippen LogP contribution in [0.4, 0.5) is 5.13 Å². The predicted molar refractivity (Wildman–Crippen MR) is 149 cm³/mol. The molecule has 7 nitrogen and oxygen atoms in total. The van der Waals surface area contributed by atoms with Crippen molar-refractivity contribution in [3.05, 3.63) is 87.4 Å². The van der Waals surface area contributed by atoms with Gasteiger partial charge in [-0.2, -0.15) is 0 Å². The van der Waals surface area contributed by atoms with Gasteiger partial charge in [0.2, 0.25) is 0 Å². The minimum Gasteiger partial charge on any atom is -0.507 e. The number of carbonyl (C=O) groups excluding carboxylic acids is 2. The monoisotopic (exact) mass is 548 g/mol. The number of amides is 1. The Bertz CT molecular complexity index is 1610. The van der Waals surface area contributed by atoms with E-state index in [0.717, 1.165) is 21.3 Å². The van der Waals surface area contributed by atoms with E-state index >= 15 is 0 Å². The highest BCUT2D eigenvalue weighted by atomic mass is 35.5. The van der Waals surface area contributed by atoms with E-state index in [1.165, 1.54) is 23.3 Å². The number of rotatable bonds is 6. The van der Waals surface area contributed by atoms with E-state index in [-0.39, 0.29) is 11.3 Å². The zero-order chi connectivity index (χ0) is 27.1. The molecule has 1 unspecified atom stereocenters. The standard InChI is InChI=1S/C29H25ClN2O5S/c1-5-37-20-11-8-18(14-21(20)36-4)25-23(26(33)17-6-9-19(30)10-7-17)27(34)28(35)32(25)29-31-24-16(3)12-15(2)13-22(24)38-29/h6-14,25,33H,5H2,1-4H3. The van der Waals surface area contributed by atoms with Crippen molar-refractivity contribution in [2.24, 2.45) is 0 Å². The topological polar surface area (TPSA) is 89.0 Å². The SMILES string of the molecule is CCOc1ccc(C2C(=C(O)c3ccc(Cl)cc3)C(=O)C(=O)N2c2nc3c(C)cc(C)cc3s2)cc1OC. The van der Waals surface area contributed by atoms with Gasteiger partial charge in [0, 0.05) is 10.6 Å². The maximum absolute atomic E-state index is 13.6. The van der Waals surface area contributed by atoms with Crippen LogP contribution in [0, 0.1) is 13.8 Å². The number of hydrogen-bond acceptors (Lipinski definition) is 7. The molecule has 0 aliphatic carbocycles. The molecule has 0 bridgehead atoms. The molecule has 4 aromatic rings. The second-order valence-electron chi connectivity index (χ2n) is 8.94. The molecular formula is C29H25ClN2O5S. The number of anilines is 1. The number of benzene rings is 3. The van der Waals surface area contributed by atoms with Crippen molar-refractivity contribution >= 4 is 55.7 Å². The number of aryl methyl sites for hydroxylation is 2.